The molecule has 1 saturated heterocycles. The minimum atomic E-state index is 0.234. The van der Waals surface area contributed by atoms with E-state index in [1.54, 1.807) is 0 Å². The van der Waals surface area contributed by atoms with Crippen molar-refractivity contribution in [2.75, 3.05) is 32.8 Å². The SMILES string of the molecule is CCC1CN(CC(CO)NC2CC2)CCCO1. The fraction of sp³-hybridized carbons (Fsp3) is 1.00. The van der Waals surface area contributed by atoms with E-state index in [9.17, 15) is 5.11 Å². The lowest BCUT2D eigenvalue weighted by Crippen LogP contribution is -2.46. The molecule has 0 spiro atoms. The number of aliphatic hydroxyl groups excluding tert-OH is 1. The molecule has 0 amide bonds. The Labute approximate surface area is 104 Å². The molecule has 17 heavy (non-hydrogen) atoms. The van der Waals surface area contributed by atoms with E-state index < -0.39 is 0 Å². The number of ether oxygens (including phenoxy) is 1. The minimum absolute atomic E-state index is 0.234. The molecule has 0 aromatic heterocycles. The van der Waals surface area contributed by atoms with Crippen molar-refractivity contribution in [3.05, 3.63) is 0 Å². The van der Waals surface area contributed by atoms with Crippen LogP contribution in [0.25, 0.3) is 0 Å². The van der Waals surface area contributed by atoms with Crippen LogP contribution < -0.4 is 5.32 Å². The third kappa shape index (κ3) is 4.54. The average Bonchev–Trinajstić information content (AvgIpc) is 3.15. The summed E-state index contributed by atoms with van der Waals surface area (Å²) in [6, 6.07) is 0.899. The van der Waals surface area contributed by atoms with E-state index in [1.165, 1.54) is 12.8 Å². The Morgan fingerprint density at radius 3 is 2.94 bits per heavy atom. The van der Waals surface area contributed by atoms with Gasteiger partial charge in [0.25, 0.3) is 0 Å². The van der Waals surface area contributed by atoms with Gasteiger partial charge in [-0.15, -0.1) is 0 Å². The lowest BCUT2D eigenvalue weighted by molar-refractivity contribution is 0.0494. The van der Waals surface area contributed by atoms with Crippen LogP contribution in [0, 0.1) is 0 Å². The van der Waals surface area contributed by atoms with Gasteiger partial charge in [0.2, 0.25) is 0 Å². The molecule has 0 aromatic rings. The van der Waals surface area contributed by atoms with Crippen molar-refractivity contribution in [1.82, 2.24) is 10.2 Å². The first kappa shape index (κ1) is 13.3. The Bertz CT molecular complexity index is 221. The molecule has 0 aromatic carbocycles. The van der Waals surface area contributed by atoms with Gasteiger partial charge in [-0.2, -0.15) is 0 Å². The number of nitrogens with one attached hydrogen (secondary N) is 1. The van der Waals surface area contributed by atoms with Crippen molar-refractivity contribution in [1.29, 1.82) is 0 Å². The third-order valence-corrected chi connectivity index (χ3v) is 3.64. The van der Waals surface area contributed by atoms with Crippen molar-refractivity contribution in [3.8, 4) is 0 Å². The molecule has 100 valence electrons. The normalized spacial score (nSPS) is 28.9. The standard InChI is InChI=1S/C13H26N2O2/c1-2-13-9-15(6-3-7-17-13)8-12(10-16)14-11-4-5-11/h11-14,16H,2-10H2,1H3. The Morgan fingerprint density at radius 1 is 1.47 bits per heavy atom. The molecular formula is C13H26N2O2. The van der Waals surface area contributed by atoms with Crippen LogP contribution in [-0.2, 0) is 4.74 Å². The highest BCUT2D eigenvalue weighted by molar-refractivity contribution is 4.86. The molecule has 2 fully saturated rings. The zero-order valence-corrected chi connectivity index (χ0v) is 10.9. The van der Waals surface area contributed by atoms with E-state index in [2.05, 4.69) is 17.1 Å². The second-order valence-electron chi connectivity index (χ2n) is 5.33. The summed E-state index contributed by atoms with van der Waals surface area (Å²) in [5.74, 6) is 0. The van der Waals surface area contributed by atoms with Crippen LogP contribution in [0.1, 0.15) is 32.6 Å². The predicted molar refractivity (Wildman–Crippen MR) is 68.1 cm³/mol. The fourth-order valence-electron chi connectivity index (χ4n) is 2.44. The van der Waals surface area contributed by atoms with Gasteiger partial charge in [0.05, 0.1) is 12.7 Å². The Hall–Kier alpha value is -0.160. The highest BCUT2D eigenvalue weighted by Gasteiger charge is 2.26. The third-order valence-electron chi connectivity index (χ3n) is 3.64. The van der Waals surface area contributed by atoms with Gasteiger partial charge in [0.1, 0.15) is 0 Å². The highest BCUT2D eigenvalue weighted by Crippen LogP contribution is 2.19. The minimum Gasteiger partial charge on any atom is -0.395 e. The number of hydrogen-bond donors (Lipinski definition) is 2. The van der Waals surface area contributed by atoms with Gasteiger partial charge in [0.15, 0.2) is 0 Å². The lowest BCUT2D eigenvalue weighted by atomic mass is 10.2. The molecule has 0 bridgehead atoms. The van der Waals surface area contributed by atoms with Crippen molar-refractivity contribution in [3.63, 3.8) is 0 Å². The van der Waals surface area contributed by atoms with E-state index >= 15 is 0 Å². The van der Waals surface area contributed by atoms with Gasteiger partial charge in [-0.25, -0.2) is 0 Å². The van der Waals surface area contributed by atoms with Gasteiger partial charge in [-0.1, -0.05) is 6.92 Å². The molecular weight excluding hydrogens is 216 g/mol. The van der Waals surface area contributed by atoms with Gasteiger partial charge in [0, 0.05) is 38.3 Å². The molecule has 1 aliphatic carbocycles. The van der Waals surface area contributed by atoms with E-state index in [0.717, 1.165) is 39.1 Å². The first-order valence-corrected chi connectivity index (χ1v) is 7.02. The zero-order chi connectivity index (χ0) is 12.1. The van der Waals surface area contributed by atoms with Crippen molar-refractivity contribution in [2.45, 2.75) is 50.8 Å². The van der Waals surface area contributed by atoms with Gasteiger partial charge < -0.3 is 15.2 Å². The number of rotatable bonds is 6. The molecule has 1 heterocycles. The van der Waals surface area contributed by atoms with Crippen molar-refractivity contribution >= 4 is 0 Å². The highest BCUT2D eigenvalue weighted by atomic mass is 16.5. The topological polar surface area (TPSA) is 44.7 Å². The molecule has 2 rings (SSSR count). The average molecular weight is 242 g/mol. The molecule has 2 atom stereocenters. The van der Waals surface area contributed by atoms with Gasteiger partial charge in [-0.05, 0) is 25.7 Å². The largest absolute Gasteiger partial charge is 0.395 e. The summed E-state index contributed by atoms with van der Waals surface area (Å²) in [7, 11) is 0. The summed E-state index contributed by atoms with van der Waals surface area (Å²) >= 11 is 0. The summed E-state index contributed by atoms with van der Waals surface area (Å²) in [5.41, 5.74) is 0. The summed E-state index contributed by atoms with van der Waals surface area (Å²) in [6.45, 7) is 6.37. The van der Waals surface area contributed by atoms with Crippen LogP contribution in [0.4, 0.5) is 0 Å². The summed E-state index contributed by atoms with van der Waals surface area (Å²) in [5, 5.41) is 12.9. The molecule has 4 nitrogen and oxygen atoms in total. The molecule has 2 unspecified atom stereocenters. The Kier molecular flexibility index (Phi) is 5.22. The van der Waals surface area contributed by atoms with Gasteiger partial charge >= 0.3 is 0 Å². The van der Waals surface area contributed by atoms with Gasteiger partial charge in [-0.3, -0.25) is 4.90 Å². The maximum atomic E-state index is 9.41. The van der Waals surface area contributed by atoms with Crippen molar-refractivity contribution < 1.29 is 9.84 Å². The molecule has 1 saturated carbocycles. The maximum absolute atomic E-state index is 9.41. The smallest absolute Gasteiger partial charge is 0.0699 e. The monoisotopic (exact) mass is 242 g/mol. The lowest BCUT2D eigenvalue weighted by Gasteiger charge is -2.27. The van der Waals surface area contributed by atoms with Crippen LogP contribution >= 0.6 is 0 Å². The number of aliphatic hydroxyl groups is 1. The van der Waals surface area contributed by atoms with Crippen LogP contribution in [-0.4, -0.2) is 61.0 Å². The maximum Gasteiger partial charge on any atom is 0.0699 e. The molecule has 2 aliphatic rings. The first-order valence-electron chi connectivity index (χ1n) is 7.02. The zero-order valence-electron chi connectivity index (χ0n) is 10.9. The number of nitrogens with zero attached hydrogens (tertiary/aromatic N) is 1. The summed E-state index contributed by atoms with van der Waals surface area (Å²) < 4.78 is 5.77. The molecule has 0 radical (unpaired) electrons. The quantitative estimate of drug-likeness (QED) is 0.716. The van der Waals surface area contributed by atoms with E-state index in [1.807, 2.05) is 0 Å². The molecule has 4 heteroatoms. The van der Waals surface area contributed by atoms with E-state index in [4.69, 9.17) is 4.74 Å². The van der Waals surface area contributed by atoms with Crippen molar-refractivity contribution in [2.24, 2.45) is 0 Å². The summed E-state index contributed by atoms with van der Waals surface area (Å²) in [6.07, 6.45) is 5.11. The van der Waals surface area contributed by atoms with E-state index in [-0.39, 0.29) is 12.6 Å². The van der Waals surface area contributed by atoms with Crippen LogP contribution in [0.5, 0.6) is 0 Å². The first-order chi connectivity index (χ1) is 8.31. The second-order valence-corrected chi connectivity index (χ2v) is 5.33. The van der Waals surface area contributed by atoms with Crippen LogP contribution in [0.2, 0.25) is 0 Å². The predicted octanol–water partition coefficient (Wildman–Crippen LogP) is 0.600. The molecule has 1 aliphatic heterocycles. The fourth-order valence-corrected chi connectivity index (χ4v) is 2.44. The van der Waals surface area contributed by atoms with E-state index in [0.29, 0.717) is 12.1 Å². The summed E-state index contributed by atoms with van der Waals surface area (Å²) in [4.78, 5) is 2.44. The second kappa shape index (κ2) is 6.69. The Balaban J connectivity index is 1.77. The van der Waals surface area contributed by atoms with Crippen LogP contribution in [0.3, 0.4) is 0 Å². The number of hydrogen-bond acceptors (Lipinski definition) is 4. The molecule has 2 N–H and O–H groups in total. The van der Waals surface area contributed by atoms with Crippen LogP contribution in [0.15, 0.2) is 0 Å². The Morgan fingerprint density at radius 2 is 2.29 bits per heavy atom.